The number of hydrogen-bond donors (Lipinski definition) is 1. The second-order valence-corrected chi connectivity index (χ2v) is 5.20. The summed E-state index contributed by atoms with van der Waals surface area (Å²) in [6.07, 6.45) is 0. The molecule has 1 aromatic carbocycles. The van der Waals surface area contributed by atoms with Gasteiger partial charge in [-0.15, -0.1) is 0 Å². The minimum Gasteiger partial charge on any atom is -0.345 e. The van der Waals surface area contributed by atoms with Crippen LogP contribution < -0.4 is 10.2 Å². The molecular formula is C14H16F2N2O2. The van der Waals surface area contributed by atoms with E-state index in [-0.39, 0.29) is 18.0 Å². The molecule has 1 atom stereocenters. The minimum absolute atomic E-state index is 0.225. The SMILES string of the molecule is Cc1ccc(F)c(N2C(=O)CNC(=O)C2C(C)C)c1F. The van der Waals surface area contributed by atoms with E-state index in [1.165, 1.54) is 13.0 Å². The van der Waals surface area contributed by atoms with Crippen molar-refractivity contribution in [3.63, 3.8) is 0 Å². The predicted octanol–water partition coefficient (Wildman–Crippen LogP) is 1.76. The number of carbonyl (C=O) groups excluding carboxylic acids is 2. The molecule has 20 heavy (non-hydrogen) atoms. The molecule has 1 aliphatic heterocycles. The van der Waals surface area contributed by atoms with Gasteiger partial charge in [0.2, 0.25) is 11.8 Å². The zero-order valence-corrected chi connectivity index (χ0v) is 11.5. The van der Waals surface area contributed by atoms with Gasteiger partial charge in [-0.3, -0.25) is 14.5 Å². The molecule has 1 fully saturated rings. The van der Waals surface area contributed by atoms with Crippen LogP contribution in [0.1, 0.15) is 19.4 Å². The Balaban J connectivity index is 2.60. The fourth-order valence-electron chi connectivity index (χ4n) is 2.35. The molecule has 0 aromatic heterocycles. The maximum Gasteiger partial charge on any atom is 0.247 e. The van der Waals surface area contributed by atoms with Crippen molar-refractivity contribution in [1.29, 1.82) is 0 Å². The van der Waals surface area contributed by atoms with Gasteiger partial charge in [-0.25, -0.2) is 8.78 Å². The number of benzene rings is 1. The zero-order chi connectivity index (χ0) is 15.0. The highest BCUT2D eigenvalue weighted by molar-refractivity contribution is 6.06. The van der Waals surface area contributed by atoms with Gasteiger partial charge in [0.15, 0.2) is 5.82 Å². The minimum atomic E-state index is -0.915. The van der Waals surface area contributed by atoms with Gasteiger partial charge in [-0.1, -0.05) is 19.9 Å². The van der Waals surface area contributed by atoms with Crippen molar-refractivity contribution in [3.8, 4) is 0 Å². The second kappa shape index (κ2) is 5.19. The predicted molar refractivity (Wildman–Crippen MR) is 70.2 cm³/mol. The maximum absolute atomic E-state index is 14.2. The molecule has 1 aromatic rings. The van der Waals surface area contributed by atoms with E-state index in [2.05, 4.69) is 5.32 Å². The molecule has 2 amide bonds. The number of piperazine rings is 1. The van der Waals surface area contributed by atoms with E-state index in [9.17, 15) is 18.4 Å². The summed E-state index contributed by atoms with van der Waals surface area (Å²) in [6.45, 7) is 4.68. The van der Waals surface area contributed by atoms with E-state index in [1.807, 2.05) is 0 Å². The average Bonchev–Trinajstić information content (AvgIpc) is 2.38. The van der Waals surface area contributed by atoms with Crippen LogP contribution in [0, 0.1) is 24.5 Å². The highest BCUT2D eigenvalue weighted by Crippen LogP contribution is 2.30. The van der Waals surface area contributed by atoms with Crippen LogP contribution in [0.3, 0.4) is 0 Å². The third-order valence-electron chi connectivity index (χ3n) is 3.36. The van der Waals surface area contributed by atoms with Gasteiger partial charge >= 0.3 is 0 Å². The summed E-state index contributed by atoms with van der Waals surface area (Å²) in [5, 5.41) is 2.44. The fourth-order valence-corrected chi connectivity index (χ4v) is 2.35. The van der Waals surface area contributed by atoms with Crippen LogP contribution in [0.2, 0.25) is 0 Å². The molecule has 1 aliphatic rings. The number of amides is 2. The van der Waals surface area contributed by atoms with Crippen LogP contribution in [-0.4, -0.2) is 24.4 Å². The van der Waals surface area contributed by atoms with E-state index in [4.69, 9.17) is 0 Å². The second-order valence-electron chi connectivity index (χ2n) is 5.20. The van der Waals surface area contributed by atoms with Crippen molar-refractivity contribution in [2.75, 3.05) is 11.4 Å². The highest BCUT2D eigenvalue weighted by Gasteiger charge is 2.40. The van der Waals surface area contributed by atoms with Crippen molar-refractivity contribution < 1.29 is 18.4 Å². The molecule has 1 saturated heterocycles. The Labute approximate surface area is 115 Å². The molecule has 4 nitrogen and oxygen atoms in total. The molecule has 2 rings (SSSR count). The summed E-state index contributed by atoms with van der Waals surface area (Å²) in [6, 6.07) is 1.49. The number of carbonyl (C=O) groups is 2. The third kappa shape index (κ3) is 2.26. The normalized spacial score (nSPS) is 19.5. The Morgan fingerprint density at radius 2 is 1.95 bits per heavy atom. The number of aryl methyl sites for hydroxylation is 1. The monoisotopic (exact) mass is 282 g/mol. The number of anilines is 1. The molecule has 1 unspecified atom stereocenters. The number of rotatable bonds is 2. The van der Waals surface area contributed by atoms with Crippen molar-refractivity contribution in [2.45, 2.75) is 26.8 Å². The van der Waals surface area contributed by atoms with E-state index in [0.29, 0.717) is 0 Å². The molecule has 0 spiro atoms. The summed E-state index contributed by atoms with van der Waals surface area (Å²) in [5.74, 6) is -2.84. The van der Waals surface area contributed by atoms with Gasteiger partial charge in [0.25, 0.3) is 0 Å². The van der Waals surface area contributed by atoms with E-state index in [1.54, 1.807) is 13.8 Å². The van der Waals surface area contributed by atoms with Gasteiger partial charge in [-0.05, 0) is 24.5 Å². The quantitative estimate of drug-likeness (QED) is 0.898. The molecule has 6 heteroatoms. The number of halogens is 2. The fraction of sp³-hybridized carbons (Fsp3) is 0.429. The molecule has 0 radical (unpaired) electrons. The Kier molecular flexibility index (Phi) is 3.74. The molecule has 0 bridgehead atoms. The molecule has 0 aliphatic carbocycles. The number of hydrogen-bond acceptors (Lipinski definition) is 2. The standard InChI is InChI=1S/C14H16F2N2O2/c1-7(2)12-14(20)17-6-10(19)18(12)13-9(15)5-4-8(3)11(13)16/h4-5,7,12H,6H2,1-3H3,(H,17,20). The van der Waals surface area contributed by atoms with E-state index < -0.39 is 35.2 Å². The van der Waals surface area contributed by atoms with Crippen LogP contribution in [0.4, 0.5) is 14.5 Å². The lowest BCUT2D eigenvalue weighted by molar-refractivity contribution is -0.132. The van der Waals surface area contributed by atoms with Gasteiger partial charge in [-0.2, -0.15) is 0 Å². The van der Waals surface area contributed by atoms with Crippen molar-refractivity contribution >= 4 is 17.5 Å². The van der Waals surface area contributed by atoms with Crippen molar-refractivity contribution in [1.82, 2.24) is 5.32 Å². The maximum atomic E-state index is 14.2. The van der Waals surface area contributed by atoms with Gasteiger partial charge in [0.1, 0.15) is 17.5 Å². The molecule has 1 N–H and O–H groups in total. The van der Waals surface area contributed by atoms with Gasteiger partial charge in [0.05, 0.1) is 6.54 Å². The molecule has 0 saturated carbocycles. The average molecular weight is 282 g/mol. The summed E-state index contributed by atoms with van der Waals surface area (Å²) in [5.41, 5.74) is -0.216. The summed E-state index contributed by atoms with van der Waals surface area (Å²) >= 11 is 0. The Hall–Kier alpha value is -1.98. The van der Waals surface area contributed by atoms with Crippen LogP contribution >= 0.6 is 0 Å². The Morgan fingerprint density at radius 1 is 1.30 bits per heavy atom. The summed E-state index contributed by atoms with van der Waals surface area (Å²) in [4.78, 5) is 24.9. The molecule has 1 heterocycles. The van der Waals surface area contributed by atoms with Gasteiger partial charge in [0, 0.05) is 0 Å². The van der Waals surface area contributed by atoms with Crippen LogP contribution in [0.5, 0.6) is 0 Å². The summed E-state index contributed by atoms with van der Waals surface area (Å²) in [7, 11) is 0. The van der Waals surface area contributed by atoms with Crippen molar-refractivity contribution in [3.05, 3.63) is 29.3 Å². The van der Waals surface area contributed by atoms with Crippen molar-refractivity contribution in [2.24, 2.45) is 5.92 Å². The molecular weight excluding hydrogens is 266 g/mol. The smallest absolute Gasteiger partial charge is 0.247 e. The lowest BCUT2D eigenvalue weighted by atomic mass is 9.98. The largest absolute Gasteiger partial charge is 0.345 e. The lowest BCUT2D eigenvalue weighted by Crippen LogP contribution is -2.61. The first-order valence-electron chi connectivity index (χ1n) is 6.39. The first-order chi connectivity index (χ1) is 9.34. The van der Waals surface area contributed by atoms with Crippen LogP contribution in [0.15, 0.2) is 12.1 Å². The number of nitrogens with one attached hydrogen (secondary N) is 1. The molecule has 108 valence electrons. The number of nitrogens with zero attached hydrogens (tertiary/aromatic N) is 1. The van der Waals surface area contributed by atoms with Gasteiger partial charge < -0.3 is 5.32 Å². The topological polar surface area (TPSA) is 49.4 Å². The van der Waals surface area contributed by atoms with Crippen LogP contribution in [0.25, 0.3) is 0 Å². The zero-order valence-electron chi connectivity index (χ0n) is 11.5. The Bertz CT molecular complexity index is 573. The lowest BCUT2D eigenvalue weighted by Gasteiger charge is -2.37. The van der Waals surface area contributed by atoms with E-state index >= 15 is 0 Å². The first-order valence-corrected chi connectivity index (χ1v) is 6.39. The van der Waals surface area contributed by atoms with Crippen LogP contribution in [-0.2, 0) is 9.59 Å². The Morgan fingerprint density at radius 3 is 2.55 bits per heavy atom. The van der Waals surface area contributed by atoms with E-state index in [0.717, 1.165) is 11.0 Å². The third-order valence-corrected chi connectivity index (χ3v) is 3.36. The highest BCUT2D eigenvalue weighted by atomic mass is 19.1. The summed E-state index contributed by atoms with van der Waals surface area (Å²) < 4.78 is 28.2. The first kappa shape index (κ1) is 14.4.